The van der Waals surface area contributed by atoms with E-state index in [1.165, 1.54) is 0 Å². The number of halogens is 2. The Hall–Kier alpha value is -0.990. The molecule has 1 aliphatic carbocycles. The Morgan fingerprint density at radius 2 is 2.11 bits per heavy atom. The Morgan fingerprint density at radius 1 is 1.53 bits per heavy atom. The van der Waals surface area contributed by atoms with Crippen molar-refractivity contribution in [1.29, 1.82) is 0 Å². The Kier molecular flexibility index (Phi) is 3.67. The molecule has 3 N–H and O–H groups in total. The summed E-state index contributed by atoms with van der Waals surface area (Å²) in [5.74, 6) is -0.971. The number of hydrogen-bond acceptors (Lipinski definition) is 3. The molecule has 1 aromatic rings. The van der Waals surface area contributed by atoms with Crippen LogP contribution in [0.1, 0.15) is 23.7 Å². The molecule has 0 bridgehead atoms. The van der Waals surface area contributed by atoms with Crippen LogP contribution < -0.4 is 10.5 Å². The summed E-state index contributed by atoms with van der Waals surface area (Å²) < 4.78 is 36.0. The van der Waals surface area contributed by atoms with Crippen molar-refractivity contribution in [1.82, 2.24) is 5.32 Å². The van der Waals surface area contributed by atoms with Crippen LogP contribution in [0, 0.1) is 11.7 Å². The van der Waals surface area contributed by atoms with E-state index in [4.69, 9.17) is 5.14 Å². The molecule has 1 amide bonds. The van der Waals surface area contributed by atoms with Crippen LogP contribution in [0.3, 0.4) is 0 Å². The summed E-state index contributed by atoms with van der Waals surface area (Å²) in [5.41, 5.74) is -0.0804. The number of carbonyl (C=O) groups excluding carboxylic acids is 1. The molecule has 0 heterocycles. The summed E-state index contributed by atoms with van der Waals surface area (Å²) >= 11 is 2.99. The third-order valence-corrected chi connectivity index (χ3v) is 5.03. The average Bonchev–Trinajstić information content (AvgIpc) is 2.95. The predicted octanol–water partition coefficient (Wildman–Crippen LogP) is 1.37. The molecule has 1 saturated carbocycles. The van der Waals surface area contributed by atoms with Gasteiger partial charge in [-0.1, -0.05) is 6.92 Å². The number of amides is 1. The van der Waals surface area contributed by atoms with Gasteiger partial charge in [-0.3, -0.25) is 4.79 Å². The number of nitrogens with two attached hydrogens (primary N) is 1. The van der Waals surface area contributed by atoms with Gasteiger partial charge in [0, 0.05) is 6.04 Å². The van der Waals surface area contributed by atoms with Crippen LogP contribution in [0.5, 0.6) is 0 Å². The van der Waals surface area contributed by atoms with E-state index in [0.717, 1.165) is 18.6 Å². The molecule has 2 rings (SSSR count). The lowest BCUT2D eigenvalue weighted by atomic mass is 10.2. The number of benzene rings is 1. The van der Waals surface area contributed by atoms with Crippen LogP contribution in [0.4, 0.5) is 4.39 Å². The summed E-state index contributed by atoms with van der Waals surface area (Å²) in [7, 11) is -4.10. The third-order valence-electron chi connectivity index (χ3n) is 2.98. The van der Waals surface area contributed by atoms with Crippen LogP contribution >= 0.6 is 15.9 Å². The van der Waals surface area contributed by atoms with Crippen LogP contribution in [-0.4, -0.2) is 20.4 Å². The summed E-state index contributed by atoms with van der Waals surface area (Å²) in [6.07, 6.45) is 0.862. The van der Waals surface area contributed by atoms with E-state index in [1.807, 2.05) is 6.92 Å². The van der Waals surface area contributed by atoms with Gasteiger partial charge in [0.25, 0.3) is 5.91 Å². The molecule has 0 aromatic heterocycles. The first kappa shape index (κ1) is 14.4. The largest absolute Gasteiger partial charge is 0.349 e. The van der Waals surface area contributed by atoms with Gasteiger partial charge in [0.2, 0.25) is 10.0 Å². The van der Waals surface area contributed by atoms with Crippen molar-refractivity contribution in [3.63, 3.8) is 0 Å². The third kappa shape index (κ3) is 3.13. The molecule has 19 heavy (non-hydrogen) atoms. The maximum atomic E-state index is 13.4. The number of rotatable bonds is 3. The van der Waals surface area contributed by atoms with Crippen LogP contribution in [0.2, 0.25) is 0 Å². The minimum atomic E-state index is -4.10. The predicted molar refractivity (Wildman–Crippen MR) is 70.5 cm³/mol. The molecule has 0 aliphatic heterocycles. The van der Waals surface area contributed by atoms with Gasteiger partial charge in [0.1, 0.15) is 5.82 Å². The van der Waals surface area contributed by atoms with Gasteiger partial charge in [0.05, 0.1) is 14.9 Å². The normalized spacial score (nSPS) is 22.1. The Labute approximate surface area is 118 Å². The lowest BCUT2D eigenvalue weighted by molar-refractivity contribution is 0.0948. The molecule has 104 valence electrons. The van der Waals surface area contributed by atoms with Crippen molar-refractivity contribution in [2.24, 2.45) is 11.1 Å². The van der Waals surface area contributed by atoms with E-state index in [1.54, 1.807) is 0 Å². The maximum absolute atomic E-state index is 13.4. The fraction of sp³-hybridized carbons (Fsp3) is 0.364. The molecular weight excluding hydrogens is 339 g/mol. The molecule has 2 unspecified atom stereocenters. The zero-order chi connectivity index (χ0) is 14.4. The fourth-order valence-electron chi connectivity index (χ4n) is 1.71. The van der Waals surface area contributed by atoms with E-state index in [2.05, 4.69) is 21.2 Å². The zero-order valence-electron chi connectivity index (χ0n) is 9.98. The van der Waals surface area contributed by atoms with Crippen molar-refractivity contribution in [3.8, 4) is 0 Å². The second-order valence-electron chi connectivity index (χ2n) is 4.60. The highest BCUT2D eigenvalue weighted by Gasteiger charge is 2.34. The molecule has 1 aromatic carbocycles. The van der Waals surface area contributed by atoms with Gasteiger partial charge in [-0.2, -0.15) is 0 Å². The molecule has 2 atom stereocenters. The maximum Gasteiger partial charge on any atom is 0.252 e. The monoisotopic (exact) mass is 350 g/mol. The first-order valence-corrected chi connectivity index (χ1v) is 7.87. The van der Waals surface area contributed by atoms with Gasteiger partial charge < -0.3 is 5.32 Å². The standard InChI is InChI=1S/C11H12BrFN2O3S/c1-5-2-8(5)15-11(16)7-3-6(13)4-9(10(7)12)19(14,17)18/h3-5,8H,2H2,1H3,(H,15,16)(H2,14,17,18). The SMILES string of the molecule is CC1CC1NC(=O)c1cc(F)cc(S(N)(=O)=O)c1Br. The van der Waals surface area contributed by atoms with E-state index in [-0.39, 0.29) is 16.1 Å². The highest BCUT2D eigenvalue weighted by molar-refractivity contribution is 9.10. The number of sulfonamides is 1. The molecule has 0 radical (unpaired) electrons. The smallest absolute Gasteiger partial charge is 0.252 e. The molecule has 0 spiro atoms. The fourth-order valence-corrected chi connectivity index (χ4v) is 3.43. The van der Waals surface area contributed by atoms with Crippen LogP contribution in [0.25, 0.3) is 0 Å². The van der Waals surface area contributed by atoms with Crippen molar-refractivity contribution in [2.75, 3.05) is 0 Å². The quantitative estimate of drug-likeness (QED) is 0.862. The summed E-state index contributed by atoms with van der Waals surface area (Å²) in [4.78, 5) is 11.5. The van der Waals surface area contributed by atoms with E-state index >= 15 is 0 Å². The minimum Gasteiger partial charge on any atom is -0.349 e. The summed E-state index contributed by atoms with van der Waals surface area (Å²) in [6, 6.07) is 1.80. The molecule has 5 nitrogen and oxygen atoms in total. The molecular formula is C11H12BrFN2O3S. The number of nitrogens with one attached hydrogen (secondary N) is 1. The topological polar surface area (TPSA) is 89.3 Å². The van der Waals surface area contributed by atoms with Gasteiger partial charge in [-0.05, 0) is 40.4 Å². The molecule has 0 saturated heterocycles. The lowest BCUT2D eigenvalue weighted by Crippen LogP contribution is -2.27. The van der Waals surface area contributed by atoms with E-state index in [9.17, 15) is 17.6 Å². The summed E-state index contributed by atoms with van der Waals surface area (Å²) in [6.45, 7) is 1.97. The van der Waals surface area contributed by atoms with Crippen molar-refractivity contribution in [2.45, 2.75) is 24.3 Å². The number of hydrogen-bond donors (Lipinski definition) is 2. The Morgan fingerprint density at radius 3 is 2.58 bits per heavy atom. The van der Waals surface area contributed by atoms with Gasteiger partial charge in [-0.15, -0.1) is 0 Å². The van der Waals surface area contributed by atoms with Gasteiger partial charge in [0.15, 0.2) is 0 Å². The zero-order valence-corrected chi connectivity index (χ0v) is 12.4. The second kappa shape index (κ2) is 4.84. The average molecular weight is 351 g/mol. The lowest BCUT2D eigenvalue weighted by Gasteiger charge is -2.09. The number of carbonyl (C=O) groups is 1. The van der Waals surface area contributed by atoms with E-state index in [0.29, 0.717) is 5.92 Å². The summed E-state index contributed by atoms with van der Waals surface area (Å²) in [5, 5.41) is 7.67. The minimum absolute atomic E-state index is 0.0257. The van der Waals surface area contributed by atoms with E-state index < -0.39 is 26.6 Å². The van der Waals surface area contributed by atoms with Gasteiger partial charge >= 0.3 is 0 Å². The Balaban J connectivity index is 2.40. The van der Waals surface area contributed by atoms with Crippen LogP contribution in [0.15, 0.2) is 21.5 Å². The van der Waals surface area contributed by atoms with Crippen molar-refractivity contribution in [3.05, 3.63) is 28.0 Å². The highest BCUT2D eigenvalue weighted by atomic mass is 79.9. The molecule has 8 heteroatoms. The highest BCUT2D eigenvalue weighted by Crippen LogP contribution is 2.31. The molecule has 1 aliphatic rings. The Bertz CT molecular complexity index is 648. The van der Waals surface area contributed by atoms with Crippen LogP contribution in [-0.2, 0) is 10.0 Å². The van der Waals surface area contributed by atoms with Crippen molar-refractivity contribution < 1.29 is 17.6 Å². The first-order chi connectivity index (χ1) is 8.70. The molecule has 1 fully saturated rings. The number of primary sulfonamides is 1. The van der Waals surface area contributed by atoms with Gasteiger partial charge in [-0.25, -0.2) is 17.9 Å². The van der Waals surface area contributed by atoms with Crippen molar-refractivity contribution >= 4 is 31.9 Å². The first-order valence-electron chi connectivity index (χ1n) is 5.53. The second-order valence-corrected chi connectivity index (χ2v) is 6.93.